The van der Waals surface area contributed by atoms with Crippen molar-refractivity contribution < 1.29 is 32.1 Å². The SMILES string of the molecule is O=C(CCNC(=O)c1ccco1)NNc1ccc(C(F)(F)F)cc1[N+](=O)[O-]. The average Bonchev–Trinajstić information content (AvgIpc) is 3.13. The molecule has 27 heavy (non-hydrogen) atoms. The molecule has 2 aromatic rings. The quantitative estimate of drug-likeness (QED) is 0.496. The number of anilines is 1. The predicted octanol–water partition coefficient (Wildman–Crippen LogP) is 2.47. The number of halogens is 3. The molecule has 0 saturated heterocycles. The maximum absolute atomic E-state index is 12.6. The lowest BCUT2D eigenvalue weighted by Crippen LogP contribution is -2.33. The first-order valence-corrected chi connectivity index (χ1v) is 7.40. The Kier molecular flexibility index (Phi) is 6.00. The summed E-state index contributed by atoms with van der Waals surface area (Å²) >= 11 is 0. The maximum Gasteiger partial charge on any atom is 0.416 e. The van der Waals surface area contributed by atoms with Crippen LogP contribution in [0, 0.1) is 10.1 Å². The number of rotatable bonds is 7. The van der Waals surface area contributed by atoms with E-state index in [1.165, 1.54) is 18.4 Å². The number of nitrogens with one attached hydrogen (secondary N) is 3. The highest BCUT2D eigenvalue weighted by atomic mass is 19.4. The Balaban J connectivity index is 1.89. The Morgan fingerprint density at radius 2 is 1.96 bits per heavy atom. The molecule has 3 N–H and O–H groups in total. The van der Waals surface area contributed by atoms with E-state index < -0.39 is 34.2 Å². The lowest BCUT2D eigenvalue weighted by Gasteiger charge is -2.11. The summed E-state index contributed by atoms with van der Waals surface area (Å²) in [5.41, 5.74) is 1.95. The molecule has 144 valence electrons. The third-order valence-electron chi connectivity index (χ3n) is 3.24. The van der Waals surface area contributed by atoms with E-state index in [2.05, 4.69) is 16.2 Å². The molecular formula is C15H13F3N4O5. The Labute approximate surface area is 149 Å². The smallest absolute Gasteiger partial charge is 0.416 e. The molecule has 0 bridgehead atoms. The van der Waals surface area contributed by atoms with Crippen LogP contribution in [-0.4, -0.2) is 23.3 Å². The number of nitro groups is 1. The molecule has 0 saturated carbocycles. The molecular weight excluding hydrogens is 373 g/mol. The lowest BCUT2D eigenvalue weighted by molar-refractivity contribution is -0.384. The fourth-order valence-corrected chi connectivity index (χ4v) is 1.95. The van der Waals surface area contributed by atoms with Gasteiger partial charge in [0.25, 0.3) is 11.6 Å². The van der Waals surface area contributed by atoms with Gasteiger partial charge in [-0.25, -0.2) is 0 Å². The highest BCUT2D eigenvalue weighted by Gasteiger charge is 2.33. The van der Waals surface area contributed by atoms with Crippen molar-refractivity contribution >= 4 is 23.2 Å². The van der Waals surface area contributed by atoms with E-state index in [9.17, 15) is 32.9 Å². The number of alkyl halides is 3. The Morgan fingerprint density at radius 3 is 2.56 bits per heavy atom. The van der Waals surface area contributed by atoms with Gasteiger partial charge in [0.1, 0.15) is 5.69 Å². The molecule has 0 atom stereocenters. The monoisotopic (exact) mass is 386 g/mol. The third-order valence-corrected chi connectivity index (χ3v) is 3.24. The molecule has 1 heterocycles. The summed E-state index contributed by atoms with van der Waals surface area (Å²) in [4.78, 5) is 33.2. The van der Waals surface area contributed by atoms with Crippen LogP contribution in [0.2, 0.25) is 0 Å². The topological polar surface area (TPSA) is 127 Å². The number of carbonyl (C=O) groups excluding carboxylic acids is 2. The van der Waals surface area contributed by atoms with Crippen LogP contribution >= 0.6 is 0 Å². The average molecular weight is 386 g/mol. The van der Waals surface area contributed by atoms with Crippen LogP contribution in [0.25, 0.3) is 0 Å². The van der Waals surface area contributed by atoms with Crippen LogP contribution in [0.3, 0.4) is 0 Å². The second kappa shape index (κ2) is 8.21. The van der Waals surface area contributed by atoms with Crippen molar-refractivity contribution in [3.05, 3.63) is 58.0 Å². The second-order valence-corrected chi connectivity index (χ2v) is 5.14. The van der Waals surface area contributed by atoms with Crippen molar-refractivity contribution in [3.63, 3.8) is 0 Å². The van der Waals surface area contributed by atoms with Crippen LogP contribution in [0.4, 0.5) is 24.5 Å². The Bertz CT molecular complexity index is 836. The van der Waals surface area contributed by atoms with Crippen LogP contribution in [-0.2, 0) is 11.0 Å². The molecule has 9 nitrogen and oxygen atoms in total. The van der Waals surface area contributed by atoms with Crippen LogP contribution in [0.15, 0.2) is 41.0 Å². The number of hydrogen-bond acceptors (Lipinski definition) is 6. The number of furan rings is 1. The normalized spacial score (nSPS) is 10.9. The van der Waals surface area contributed by atoms with E-state index in [0.717, 1.165) is 6.07 Å². The van der Waals surface area contributed by atoms with Crippen molar-refractivity contribution in [2.45, 2.75) is 12.6 Å². The largest absolute Gasteiger partial charge is 0.459 e. The minimum absolute atomic E-state index is 0.0534. The molecule has 0 spiro atoms. The number of carbonyl (C=O) groups is 2. The highest BCUT2D eigenvalue weighted by Crippen LogP contribution is 2.34. The molecule has 2 amide bonds. The summed E-state index contributed by atoms with van der Waals surface area (Å²) in [7, 11) is 0. The van der Waals surface area contributed by atoms with E-state index in [1.807, 2.05) is 0 Å². The van der Waals surface area contributed by atoms with E-state index in [4.69, 9.17) is 4.42 Å². The first-order chi connectivity index (χ1) is 12.7. The predicted molar refractivity (Wildman–Crippen MR) is 85.5 cm³/mol. The molecule has 12 heteroatoms. The third kappa shape index (κ3) is 5.45. The minimum atomic E-state index is -4.74. The molecule has 0 aliphatic rings. The highest BCUT2D eigenvalue weighted by molar-refractivity contribution is 5.91. The molecule has 1 aromatic carbocycles. The van der Waals surface area contributed by atoms with Gasteiger partial charge in [-0.05, 0) is 24.3 Å². The molecule has 1 aromatic heterocycles. The summed E-state index contributed by atoms with van der Waals surface area (Å²) in [5.74, 6) is -1.11. The second-order valence-electron chi connectivity index (χ2n) is 5.14. The first-order valence-electron chi connectivity index (χ1n) is 7.40. The van der Waals surface area contributed by atoms with Gasteiger partial charge in [0.2, 0.25) is 5.91 Å². The first kappa shape index (κ1) is 19.8. The zero-order chi connectivity index (χ0) is 20.0. The number of hydrogen-bond donors (Lipinski definition) is 3. The summed E-state index contributed by atoms with van der Waals surface area (Å²) in [6.07, 6.45) is -3.62. The minimum Gasteiger partial charge on any atom is -0.459 e. The van der Waals surface area contributed by atoms with Crippen molar-refractivity contribution in [2.24, 2.45) is 0 Å². The summed E-state index contributed by atoms with van der Waals surface area (Å²) in [6, 6.07) is 4.78. The number of nitrogens with zero attached hydrogens (tertiary/aromatic N) is 1. The zero-order valence-electron chi connectivity index (χ0n) is 13.5. The van der Waals surface area contributed by atoms with Gasteiger partial charge in [-0.3, -0.25) is 30.6 Å². The van der Waals surface area contributed by atoms with Crippen molar-refractivity contribution in [1.82, 2.24) is 10.7 Å². The number of benzene rings is 1. The summed E-state index contributed by atoms with van der Waals surface area (Å²) in [6.45, 7) is -0.0534. The van der Waals surface area contributed by atoms with Crippen LogP contribution < -0.4 is 16.2 Å². The van der Waals surface area contributed by atoms with E-state index >= 15 is 0 Å². The summed E-state index contributed by atoms with van der Waals surface area (Å²) in [5, 5.41) is 13.3. The molecule has 0 aliphatic heterocycles. The van der Waals surface area contributed by atoms with Gasteiger partial charge in [0, 0.05) is 19.0 Å². The van der Waals surface area contributed by atoms with E-state index in [1.54, 1.807) is 0 Å². The van der Waals surface area contributed by atoms with Gasteiger partial charge in [0.05, 0.1) is 16.7 Å². The van der Waals surface area contributed by atoms with Crippen LogP contribution in [0.5, 0.6) is 0 Å². The van der Waals surface area contributed by atoms with Crippen molar-refractivity contribution in [3.8, 4) is 0 Å². The lowest BCUT2D eigenvalue weighted by atomic mass is 10.1. The molecule has 2 rings (SSSR count). The Hall–Kier alpha value is -3.57. The Morgan fingerprint density at radius 1 is 1.22 bits per heavy atom. The van der Waals surface area contributed by atoms with Gasteiger partial charge in [-0.1, -0.05) is 0 Å². The zero-order valence-corrected chi connectivity index (χ0v) is 13.5. The van der Waals surface area contributed by atoms with Gasteiger partial charge < -0.3 is 9.73 Å². The van der Waals surface area contributed by atoms with Crippen molar-refractivity contribution in [1.29, 1.82) is 0 Å². The molecule has 0 fully saturated rings. The summed E-state index contributed by atoms with van der Waals surface area (Å²) < 4.78 is 42.7. The number of hydrazine groups is 1. The molecule has 0 radical (unpaired) electrons. The number of amides is 2. The molecule has 0 unspecified atom stereocenters. The van der Waals surface area contributed by atoms with Gasteiger partial charge in [0.15, 0.2) is 5.76 Å². The van der Waals surface area contributed by atoms with Gasteiger partial charge in [-0.15, -0.1) is 0 Å². The van der Waals surface area contributed by atoms with Crippen molar-refractivity contribution in [2.75, 3.05) is 12.0 Å². The number of nitro benzene ring substituents is 1. The van der Waals surface area contributed by atoms with E-state index in [0.29, 0.717) is 12.1 Å². The fraction of sp³-hybridized carbons (Fsp3) is 0.200. The maximum atomic E-state index is 12.6. The fourth-order valence-electron chi connectivity index (χ4n) is 1.95. The van der Waals surface area contributed by atoms with Gasteiger partial charge in [-0.2, -0.15) is 13.2 Å². The van der Waals surface area contributed by atoms with Crippen LogP contribution in [0.1, 0.15) is 22.5 Å². The van der Waals surface area contributed by atoms with E-state index in [-0.39, 0.29) is 24.4 Å². The standard InChI is InChI=1S/C15H13F3N4O5/c16-15(17,18)9-3-4-10(11(8-9)22(25)26)20-21-13(23)5-6-19-14(24)12-2-1-7-27-12/h1-4,7-8,20H,5-6H2,(H,19,24)(H,21,23). The van der Waals surface area contributed by atoms with Gasteiger partial charge >= 0.3 is 6.18 Å². The molecule has 0 aliphatic carbocycles.